The summed E-state index contributed by atoms with van der Waals surface area (Å²) in [6, 6.07) is 8.43. The summed E-state index contributed by atoms with van der Waals surface area (Å²) in [4.78, 5) is 12.7. The van der Waals surface area contributed by atoms with Crippen molar-refractivity contribution in [2.45, 2.75) is 30.3 Å². The minimum Gasteiger partial charge on any atom is -0.375 e. The molecule has 10 heteroatoms. The Hall–Kier alpha value is -2.23. The predicted molar refractivity (Wildman–Crippen MR) is 110 cm³/mol. The average Bonchev–Trinajstić information content (AvgIpc) is 2.63. The molecule has 1 aliphatic rings. The zero-order chi connectivity index (χ0) is 21.2. The third-order valence-corrected chi connectivity index (χ3v) is 6.34. The van der Waals surface area contributed by atoms with Crippen LogP contribution in [0.1, 0.15) is 18.4 Å². The maximum atomic E-state index is 13.2. The Balaban J connectivity index is 1.78. The molecule has 7 nitrogen and oxygen atoms in total. The van der Waals surface area contributed by atoms with E-state index in [1.54, 1.807) is 6.07 Å². The van der Waals surface area contributed by atoms with Crippen LogP contribution >= 0.6 is 11.6 Å². The van der Waals surface area contributed by atoms with E-state index in [0.29, 0.717) is 18.1 Å². The monoisotopic (exact) mass is 441 g/mol. The second-order valence-corrected chi connectivity index (χ2v) is 9.53. The number of halogens is 2. The van der Waals surface area contributed by atoms with Crippen LogP contribution in [0.5, 0.6) is 0 Å². The molecule has 1 aliphatic heterocycles. The van der Waals surface area contributed by atoms with Crippen LogP contribution in [0.3, 0.4) is 0 Å². The van der Waals surface area contributed by atoms with Gasteiger partial charge in [-0.25, -0.2) is 12.8 Å². The first kappa shape index (κ1) is 21.5. The highest BCUT2D eigenvalue weighted by atomic mass is 35.5. The lowest BCUT2D eigenvalue weighted by molar-refractivity contribution is -0.386. The maximum absolute atomic E-state index is 13.2. The highest BCUT2D eigenvalue weighted by Crippen LogP contribution is 2.33. The lowest BCUT2D eigenvalue weighted by Gasteiger charge is -2.33. The van der Waals surface area contributed by atoms with Gasteiger partial charge in [-0.2, -0.15) is 0 Å². The van der Waals surface area contributed by atoms with Crippen LogP contribution < -0.4 is 5.32 Å². The number of piperidine rings is 1. The molecule has 1 fully saturated rings. The van der Waals surface area contributed by atoms with Crippen molar-refractivity contribution in [3.8, 4) is 0 Å². The van der Waals surface area contributed by atoms with E-state index in [9.17, 15) is 22.9 Å². The van der Waals surface area contributed by atoms with Crippen molar-refractivity contribution in [1.29, 1.82) is 0 Å². The molecule has 29 heavy (non-hydrogen) atoms. The lowest BCUT2D eigenvalue weighted by atomic mass is 10.0. The molecule has 1 atom stereocenters. The summed E-state index contributed by atoms with van der Waals surface area (Å²) in [7, 11) is -3.74. The fraction of sp³-hybridized carbons (Fsp3) is 0.368. The van der Waals surface area contributed by atoms with Gasteiger partial charge in [-0.05, 0) is 49.2 Å². The molecule has 0 bridgehead atoms. The molecule has 2 aromatic carbocycles. The van der Waals surface area contributed by atoms with Gasteiger partial charge in [0.2, 0.25) is 0 Å². The fourth-order valence-electron chi connectivity index (χ4n) is 3.55. The fourth-order valence-corrected chi connectivity index (χ4v) is 4.64. The molecule has 1 N–H and O–H groups in total. The van der Waals surface area contributed by atoms with E-state index in [4.69, 9.17) is 11.6 Å². The number of nitro benzene ring substituents is 1. The van der Waals surface area contributed by atoms with E-state index >= 15 is 0 Å². The van der Waals surface area contributed by atoms with Gasteiger partial charge in [0.05, 0.1) is 4.92 Å². The normalized spacial score (nSPS) is 17.8. The third-order valence-electron chi connectivity index (χ3n) is 4.86. The second kappa shape index (κ2) is 8.64. The molecule has 2 aromatic rings. The zero-order valence-electron chi connectivity index (χ0n) is 15.8. The minimum atomic E-state index is -3.74. The van der Waals surface area contributed by atoms with Gasteiger partial charge < -0.3 is 5.32 Å². The number of sulfone groups is 1. The number of likely N-dealkylation sites (tertiary alicyclic amines) is 1. The van der Waals surface area contributed by atoms with Gasteiger partial charge in [0, 0.05) is 30.4 Å². The molecule has 0 radical (unpaired) electrons. The lowest BCUT2D eigenvalue weighted by Crippen LogP contribution is -2.41. The highest BCUT2D eigenvalue weighted by molar-refractivity contribution is 7.90. The first-order valence-corrected chi connectivity index (χ1v) is 11.3. The summed E-state index contributed by atoms with van der Waals surface area (Å²) in [6.45, 7) is 1.94. The molecule has 1 unspecified atom stereocenters. The van der Waals surface area contributed by atoms with Crippen LogP contribution in [-0.4, -0.2) is 43.6 Å². The van der Waals surface area contributed by atoms with Crippen LogP contribution in [-0.2, 0) is 16.4 Å². The van der Waals surface area contributed by atoms with Crippen molar-refractivity contribution in [2.75, 3.05) is 24.7 Å². The van der Waals surface area contributed by atoms with Crippen molar-refractivity contribution < 1.29 is 17.7 Å². The van der Waals surface area contributed by atoms with Gasteiger partial charge in [0.25, 0.3) is 0 Å². The van der Waals surface area contributed by atoms with Crippen molar-refractivity contribution in [2.24, 2.45) is 0 Å². The smallest absolute Gasteiger partial charge is 0.310 e. The molecule has 0 spiro atoms. The maximum Gasteiger partial charge on any atom is 0.310 e. The number of hydrogen-bond donors (Lipinski definition) is 1. The number of benzene rings is 2. The minimum absolute atomic E-state index is 0.100. The molecule has 1 heterocycles. The molecule has 0 aliphatic carbocycles. The molecule has 156 valence electrons. The van der Waals surface area contributed by atoms with Crippen LogP contribution in [0, 0.1) is 15.9 Å². The van der Waals surface area contributed by atoms with Crippen LogP contribution in [0.2, 0.25) is 5.02 Å². The number of rotatable bonds is 6. The van der Waals surface area contributed by atoms with Crippen LogP contribution in [0.15, 0.2) is 41.3 Å². The SMILES string of the molecule is CS(=O)(=O)c1cccc(NC2CCCN(Cc3ccc(F)cc3Cl)C2)c1[N+](=O)[O-]. The van der Waals surface area contributed by atoms with Gasteiger partial charge >= 0.3 is 5.69 Å². The van der Waals surface area contributed by atoms with Crippen molar-refractivity contribution in [1.82, 2.24) is 4.90 Å². The van der Waals surface area contributed by atoms with Gasteiger partial charge in [-0.15, -0.1) is 0 Å². The molecular weight excluding hydrogens is 421 g/mol. The quantitative estimate of drug-likeness (QED) is 0.540. The average molecular weight is 442 g/mol. The van der Waals surface area contributed by atoms with Crippen molar-refractivity contribution in [3.63, 3.8) is 0 Å². The third kappa shape index (κ3) is 5.23. The van der Waals surface area contributed by atoms with Gasteiger partial charge in [0.1, 0.15) is 16.4 Å². The Morgan fingerprint density at radius 2 is 2.10 bits per heavy atom. The standard InChI is InChI=1S/C19H21ClFN3O4S/c1-29(27,28)18-6-2-5-17(19(18)24(25)26)22-15-4-3-9-23(12-15)11-13-7-8-14(21)10-16(13)20/h2,5-8,10,15,22H,3-4,9,11-12H2,1H3. The number of anilines is 1. The topological polar surface area (TPSA) is 92.6 Å². The molecular formula is C19H21ClFN3O4S. The van der Waals surface area contributed by atoms with Crippen molar-refractivity contribution in [3.05, 3.63) is 62.9 Å². The summed E-state index contributed by atoms with van der Waals surface area (Å²) in [5.74, 6) is -0.394. The second-order valence-electron chi connectivity index (χ2n) is 7.14. The number of nitrogens with zero attached hydrogens (tertiary/aromatic N) is 2. The van der Waals surface area contributed by atoms with Gasteiger partial charge in [-0.1, -0.05) is 23.7 Å². The zero-order valence-corrected chi connectivity index (χ0v) is 17.3. The first-order valence-electron chi connectivity index (χ1n) is 9.05. The summed E-state index contributed by atoms with van der Waals surface area (Å²) in [5.41, 5.74) is 0.553. The van der Waals surface area contributed by atoms with E-state index in [1.807, 2.05) is 0 Å². The molecule has 3 rings (SSSR count). The van der Waals surface area contributed by atoms with Crippen LogP contribution in [0.25, 0.3) is 0 Å². The Morgan fingerprint density at radius 3 is 2.76 bits per heavy atom. The van der Waals surface area contributed by atoms with Crippen molar-refractivity contribution >= 4 is 32.8 Å². The number of hydrogen-bond acceptors (Lipinski definition) is 6. The Morgan fingerprint density at radius 1 is 1.34 bits per heavy atom. The van der Waals surface area contributed by atoms with Crippen LogP contribution in [0.4, 0.5) is 15.8 Å². The molecule has 0 saturated carbocycles. The first-order chi connectivity index (χ1) is 13.6. The van der Waals surface area contributed by atoms with E-state index in [0.717, 1.165) is 31.2 Å². The number of para-hydroxylation sites is 1. The van der Waals surface area contributed by atoms with Gasteiger partial charge in [-0.3, -0.25) is 15.0 Å². The van der Waals surface area contributed by atoms with E-state index in [-0.39, 0.29) is 16.6 Å². The van der Waals surface area contributed by atoms with Gasteiger partial charge in [0.15, 0.2) is 9.84 Å². The van der Waals surface area contributed by atoms with E-state index < -0.39 is 26.3 Å². The Labute approximate surface area is 173 Å². The largest absolute Gasteiger partial charge is 0.375 e. The van der Waals surface area contributed by atoms with E-state index in [1.165, 1.54) is 30.3 Å². The highest BCUT2D eigenvalue weighted by Gasteiger charge is 2.28. The number of nitrogens with one attached hydrogen (secondary N) is 1. The summed E-state index contributed by atoms with van der Waals surface area (Å²) < 4.78 is 37.1. The Kier molecular flexibility index (Phi) is 6.40. The summed E-state index contributed by atoms with van der Waals surface area (Å²) in [5, 5.41) is 15.0. The molecule has 0 amide bonds. The predicted octanol–water partition coefficient (Wildman–Crippen LogP) is 3.87. The number of nitro groups is 1. The summed E-state index contributed by atoms with van der Waals surface area (Å²) >= 11 is 6.12. The molecule has 0 aromatic heterocycles. The Bertz CT molecular complexity index is 1030. The molecule has 1 saturated heterocycles. The van der Waals surface area contributed by atoms with E-state index in [2.05, 4.69) is 10.2 Å². The summed E-state index contributed by atoms with van der Waals surface area (Å²) in [6.07, 6.45) is 2.60.